The fourth-order valence-corrected chi connectivity index (χ4v) is 3.52. The van der Waals surface area contributed by atoms with Crippen molar-refractivity contribution < 1.29 is 9.90 Å². The second-order valence-corrected chi connectivity index (χ2v) is 7.42. The standard InChI is InChI=1S/C18H34N4O2/c1-4-19-17(20-14-18(24)8-6-5-7-9-18)22-12-10-21(11-13-22)16(23)15(2)3/h15,24H,4-14H2,1-3H3,(H,19,20). The Morgan fingerprint density at radius 3 is 2.25 bits per heavy atom. The maximum atomic E-state index is 12.1. The van der Waals surface area contributed by atoms with Crippen LogP contribution in [0, 0.1) is 5.92 Å². The van der Waals surface area contributed by atoms with Crippen LogP contribution in [0.4, 0.5) is 0 Å². The number of aliphatic imine (C=N–C) groups is 1. The van der Waals surface area contributed by atoms with Crippen molar-refractivity contribution in [2.24, 2.45) is 10.9 Å². The van der Waals surface area contributed by atoms with Gasteiger partial charge in [-0.15, -0.1) is 0 Å². The van der Waals surface area contributed by atoms with Gasteiger partial charge in [0.25, 0.3) is 0 Å². The highest BCUT2D eigenvalue weighted by atomic mass is 16.3. The number of nitrogens with zero attached hydrogens (tertiary/aromatic N) is 3. The molecule has 0 aromatic rings. The van der Waals surface area contributed by atoms with Gasteiger partial charge in [-0.05, 0) is 19.8 Å². The van der Waals surface area contributed by atoms with E-state index in [0.717, 1.165) is 64.4 Å². The Morgan fingerprint density at radius 2 is 1.71 bits per heavy atom. The van der Waals surface area contributed by atoms with E-state index in [4.69, 9.17) is 4.99 Å². The topological polar surface area (TPSA) is 68.2 Å². The second-order valence-electron chi connectivity index (χ2n) is 7.42. The molecule has 138 valence electrons. The summed E-state index contributed by atoms with van der Waals surface area (Å²) in [6.45, 7) is 10.3. The van der Waals surface area contributed by atoms with E-state index in [1.165, 1.54) is 6.42 Å². The Balaban J connectivity index is 1.93. The minimum absolute atomic E-state index is 0.0546. The third-order valence-corrected chi connectivity index (χ3v) is 5.03. The highest BCUT2D eigenvalue weighted by Gasteiger charge is 2.30. The Kier molecular flexibility index (Phi) is 6.90. The van der Waals surface area contributed by atoms with Crippen molar-refractivity contribution >= 4 is 11.9 Å². The van der Waals surface area contributed by atoms with Crippen LogP contribution in [-0.4, -0.2) is 71.6 Å². The van der Waals surface area contributed by atoms with Crippen LogP contribution in [0.2, 0.25) is 0 Å². The highest BCUT2D eigenvalue weighted by molar-refractivity contribution is 5.81. The lowest BCUT2D eigenvalue weighted by molar-refractivity contribution is -0.135. The van der Waals surface area contributed by atoms with Gasteiger partial charge in [0.1, 0.15) is 0 Å². The van der Waals surface area contributed by atoms with Crippen molar-refractivity contribution in [2.75, 3.05) is 39.3 Å². The molecule has 1 saturated heterocycles. The van der Waals surface area contributed by atoms with E-state index in [2.05, 4.69) is 17.1 Å². The van der Waals surface area contributed by atoms with E-state index >= 15 is 0 Å². The maximum absolute atomic E-state index is 12.1. The molecule has 1 heterocycles. The quantitative estimate of drug-likeness (QED) is 0.601. The minimum Gasteiger partial charge on any atom is -0.388 e. The zero-order valence-electron chi connectivity index (χ0n) is 15.6. The molecule has 1 aliphatic heterocycles. The summed E-state index contributed by atoms with van der Waals surface area (Å²) in [6.07, 6.45) is 5.12. The molecule has 1 amide bonds. The van der Waals surface area contributed by atoms with E-state index in [9.17, 15) is 9.90 Å². The van der Waals surface area contributed by atoms with E-state index in [1.807, 2.05) is 18.7 Å². The first kappa shape index (κ1) is 19.0. The molecule has 0 aromatic carbocycles. The van der Waals surface area contributed by atoms with Gasteiger partial charge in [0.05, 0.1) is 12.1 Å². The summed E-state index contributed by atoms with van der Waals surface area (Å²) in [5, 5.41) is 14.0. The summed E-state index contributed by atoms with van der Waals surface area (Å²) in [7, 11) is 0. The Bertz CT molecular complexity index is 436. The summed E-state index contributed by atoms with van der Waals surface area (Å²) >= 11 is 0. The molecule has 0 bridgehead atoms. The lowest BCUT2D eigenvalue weighted by atomic mass is 9.85. The molecule has 24 heavy (non-hydrogen) atoms. The molecular weight excluding hydrogens is 304 g/mol. The minimum atomic E-state index is -0.631. The molecule has 0 radical (unpaired) electrons. The molecule has 6 heteroatoms. The number of hydrogen-bond acceptors (Lipinski definition) is 3. The number of carbonyl (C=O) groups is 1. The molecule has 0 aromatic heterocycles. The van der Waals surface area contributed by atoms with Crippen LogP contribution in [0.25, 0.3) is 0 Å². The number of aliphatic hydroxyl groups is 1. The van der Waals surface area contributed by atoms with E-state index < -0.39 is 5.60 Å². The van der Waals surface area contributed by atoms with Crippen molar-refractivity contribution in [3.63, 3.8) is 0 Å². The molecule has 2 aliphatic rings. The van der Waals surface area contributed by atoms with E-state index in [0.29, 0.717) is 6.54 Å². The number of amides is 1. The van der Waals surface area contributed by atoms with Gasteiger partial charge in [-0.25, -0.2) is 0 Å². The first-order valence-corrected chi connectivity index (χ1v) is 9.49. The van der Waals surface area contributed by atoms with Crippen LogP contribution in [0.5, 0.6) is 0 Å². The van der Waals surface area contributed by atoms with Gasteiger partial charge in [0, 0.05) is 38.6 Å². The van der Waals surface area contributed by atoms with Crippen LogP contribution in [0.15, 0.2) is 4.99 Å². The molecule has 0 atom stereocenters. The van der Waals surface area contributed by atoms with Gasteiger partial charge in [0.15, 0.2) is 5.96 Å². The fourth-order valence-electron chi connectivity index (χ4n) is 3.52. The fraction of sp³-hybridized carbons (Fsp3) is 0.889. The SMILES string of the molecule is CCNC(=NCC1(O)CCCCC1)N1CCN(C(=O)C(C)C)CC1. The first-order chi connectivity index (χ1) is 11.4. The largest absolute Gasteiger partial charge is 0.388 e. The lowest BCUT2D eigenvalue weighted by Crippen LogP contribution is -2.54. The molecule has 1 aliphatic carbocycles. The first-order valence-electron chi connectivity index (χ1n) is 9.49. The average Bonchev–Trinajstić information content (AvgIpc) is 2.59. The van der Waals surface area contributed by atoms with Crippen LogP contribution < -0.4 is 5.32 Å². The number of rotatable bonds is 4. The predicted molar refractivity (Wildman–Crippen MR) is 97.0 cm³/mol. The van der Waals surface area contributed by atoms with Crippen molar-refractivity contribution in [1.82, 2.24) is 15.1 Å². The highest BCUT2D eigenvalue weighted by Crippen LogP contribution is 2.28. The zero-order chi connectivity index (χ0) is 17.6. The van der Waals surface area contributed by atoms with Crippen LogP contribution in [-0.2, 0) is 4.79 Å². The summed E-state index contributed by atoms with van der Waals surface area (Å²) in [4.78, 5) is 21.0. The number of guanidine groups is 1. The molecular formula is C18H34N4O2. The van der Waals surface area contributed by atoms with Crippen LogP contribution in [0.3, 0.4) is 0 Å². The van der Waals surface area contributed by atoms with Crippen molar-refractivity contribution in [3.05, 3.63) is 0 Å². The van der Waals surface area contributed by atoms with E-state index in [1.54, 1.807) is 0 Å². The Hall–Kier alpha value is -1.30. The number of hydrogen-bond donors (Lipinski definition) is 2. The molecule has 6 nitrogen and oxygen atoms in total. The molecule has 1 saturated carbocycles. The molecule has 0 unspecified atom stereocenters. The molecule has 2 rings (SSSR count). The molecule has 2 fully saturated rings. The third kappa shape index (κ3) is 5.10. The van der Waals surface area contributed by atoms with E-state index in [-0.39, 0.29) is 11.8 Å². The van der Waals surface area contributed by atoms with Crippen molar-refractivity contribution in [1.29, 1.82) is 0 Å². The Labute approximate surface area is 146 Å². The summed E-state index contributed by atoms with van der Waals surface area (Å²) in [5.41, 5.74) is -0.631. The van der Waals surface area contributed by atoms with Gasteiger partial charge >= 0.3 is 0 Å². The lowest BCUT2D eigenvalue weighted by Gasteiger charge is -2.38. The normalized spacial score (nSPS) is 22.0. The van der Waals surface area contributed by atoms with Gasteiger partial charge in [-0.2, -0.15) is 0 Å². The monoisotopic (exact) mass is 338 g/mol. The second kappa shape index (κ2) is 8.70. The molecule has 2 N–H and O–H groups in total. The maximum Gasteiger partial charge on any atom is 0.225 e. The van der Waals surface area contributed by atoms with Gasteiger partial charge in [-0.3, -0.25) is 9.79 Å². The average molecular weight is 338 g/mol. The number of piperazine rings is 1. The van der Waals surface area contributed by atoms with Crippen LogP contribution >= 0.6 is 0 Å². The smallest absolute Gasteiger partial charge is 0.225 e. The predicted octanol–water partition coefficient (Wildman–Crippen LogP) is 1.45. The molecule has 0 spiro atoms. The van der Waals surface area contributed by atoms with Crippen LogP contribution in [0.1, 0.15) is 52.9 Å². The number of nitrogens with one attached hydrogen (secondary N) is 1. The van der Waals surface area contributed by atoms with Gasteiger partial charge < -0.3 is 20.2 Å². The summed E-state index contributed by atoms with van der Waals surface area (Å²) in [6, 6.07) is 0. The Morgan fingerprint density at radius 1 is 1.12 bits per heavy atom. The van der Waals surface area contributed by atoms with Crippen molar-refractivity contribution in [3.8, 4) is 0 Å². The zero-order valence-corrected chi connectivity index (χ0v) is 15.6. The van der Waals surface area contributed by atoms with Gasteiger partial charge in [0.2, 0.25) is 5.91 Å². The number of carbonyl (C=O) groups excluding carboxylic acids is 1. The van der Waals surface area contributed by atoms with Crippen molar-refractivity contribution in [2.45, 2.75) is 58.5 Å². The third-order valence-electron chi connectivity index (χ3n) is 5.03. The summed E-state index contributed by atoms with van der Waals surface area (Å²) < 4.78 is 0. The summed E-state index contributed by atoms with van der Waals surface area (Å²) in [5.74, 6) is 1.15. The van der Waals surface area contributed by atoms with Gasteiger partial charge in [-0.1, -0.05) is 33.1 Å².